The van der Waals surface area contributed by atoms with Crippen LogP contribution in [0.15, 0.2) is 65.1 Å². The smallest absolute Gasteiger partial charge is 0.241 e. The maximum Gasteiger partial charge on any atom is 0.241 e. The minimum Gasteiger partial charge on any atom is -0.325 e. The molecule has 4 rings (SSSR count). The van der Waals surface area contributed by atoms with Crippen LogP contribution in [-0.2, 0) is 4.79 Å². The average molecular weight is 336 g/mol. The lowest BCUT2D eigenvalue weighted by molar-refractivity contribution is -0.116. The highest BCUT2D eigenvalue weighted by molar-refractivity contribution is 8.16. The van der Waals surface area contributed by atoms with Gasteiger partial charge in [0.25, 0.3) is 0 Å². The molecule has 24 heavy (non-hydrogen) atoms. The number of thioether (sulfide) groups is 1. The van der Waals surface area contributed by atoms with Gasteiger partial charge >= 0.3 is 0 Å². The lowest BCUT2D eigenvalue weighted by Gasteiger charge is -2.14. The lowest BCUT2D eigenvalue weighted by atomic mass is 10.1. The van der Waals surface area contributed by atoms with Crippen molar-refractivity contribution in [1.82, 2.24) is 4.98 Å². The van der Waals surface area contributed by atoms with Gasteiger partial charge in [-0.2, -0.15) is 5.10 Å². The van der Waals surface area contributed by atoms with E-state index in [0.29, 0.717) is 6.42 Å². The molecule has 2 aliphatic rings. The zero-order valence-corrected chi connectivity index (χ0v) is 13.8. The largest absolute Gasteiger partial charge is 0.325 e. The van der Waals surface area contributed by atoms with Crippen molar-refractivity contribution < 1.29 is 4.79 Å². The molecule has 5 nitrogen and oxygen atoms in total. The molecular weight excluding hydrogens is 320 g/mol. The number of benzene rings is 1. The predicted molar refractivity (Wildman–Crippen MR) is 97.5 cm³/mol. The summed E-state index contributed by atoms with van der Waals surface area (Å²) in [6.45, 7) is 0. The minimum absolute atomic E-state index is 0.0521. The molecule has 1 aromatic carbocycles. The Morgan fingerprint density at radius 1 is 1.08 bits per heavy atom. The van der Waals surface area contributed by atoms with E-state index < -0.39 is 4.75 Å². The molecule has 0 radical (unpaired) electrons. The average Bonchev–Trinajstić information content (AvgIpc) is 3.26. The summed E-state index contributed by atoms with van der Waals surface area (Å²) in [5, 5.41) is 12.4. The highest BCUT2D eigenvalue weighted by atomic mass is 32.2. The van der Waals surface area contributed by atoms with Crippen LogP contribution < -0.4 is 5.32 Å². The number of carbonyl (C=O) groups is 1. The number of hydrogen-bond donors (Lipinski definition) is 1. The molecule has 1 fully saturated rings. The Morgan fingerprint density at radius 2 is 1.92 bits per heavy atom. The molecule has 2 heterocycles. The van der Waals surface area contributed by atoms with Crippen LogP contribution in [0.2, 0.25) is 0 Å². The van der Waals surface area contributed by atoms with Crippen LogP contribution in [-0.4, -0.2) is 26.4 Å². The number of amides is 1. The Bertz CT molecular complexity index is 813. The standard InChI is InChI=1S/C18H16N4OS/c23-17(20-14-6-2-1-3-7-14)18(8-9-18)24-16-11-15(21-22-16)13-5-4-10-19-12-13/h1-7,10,12H,8-9,11H2,(H,20,23). The van der Waals surface area contributed by atoms with E-state index in [9.17, 15) is 4.79 Å². The highest BCUT2D eigenvalue weighted by Crippen LogP contribution is 2.50. The number of nitrogens with one attached hydrogen (secondary N) is 1. The molecule has 1 aliphatic carbocycles. The predicted octanol–water partition coefficient (Wildman–Crippen LogP) is 3.49. The lowest BCUT2D eigenvalue weighted by Crippen LogP contribution is -2.28. The Balaban J connectivity index is 1.39. The van der Waals surface area contributed by atoms with Gasteiger partial charge in [0.05, 0.1) is 5.71 Å². The summed E-state index contributed by atoms with van der Waals surface area (Å²) in [7, 11) is 0. The van der Waals surface area contributed by atoms with Crippen molar-refractivity contribution in [1.29, 1.82) is 0 Å². The first-order chi connectivity index (χ1) is 11.8. The molecule has 0 atom stereocenters. The SMILES string of the molecule is O=C(Nc1ccccc1)C1(SC2=NN=C(c3cccnc3)C2)CC1. The number of anilines is 1. The number of pyridine rings is 1. The summed E-state index contributed by atoms with van der Waals surface area (Å²) in [4.78, 5) is 16.7. The van der Waals surface area contributed by atoms with Gasteiger partial charge in [-0.25, -0.2) is 0 Å². The van der Waals surface area contributed by atoms with E-state index in [4.69, 9.17) is 0 Å². The molecule has 1 saturated carbocycles. The Morgan fingerprint density at radius 3 is 2.62 bits per heavy atom. The van der Waals surface area contributed by atoms with Gasteiger partial charge in [-0.05, 0) is 37.1 Å². The fourth-order valence-corrected chi connectivity index (χ4v) is 3.75. The fourth-order valence-electron chi connectivity index (χ4n) is 2.56. The monoisotopic (exact) mass is 336 g/mol. The first-order valence-corrected chi connectivity index (χ1v) is 8.66. The summed E-state index contributed by atoms with van der Waals surface area (Å²) >= 11 is 1.55. The summed E-state index contributed by atoms with van der Waals surface area (Å²) in [6.07, 6.45) is 5.94. The van der Waals surface area contributed by atoms with Gasteiger partial charge in [-0.3, -0.25) is 9.78 Å². The van der Waals surface area contributed by atoms with Gasteiger partial charge in [0.2, 0.25) is 5.91 Å². The Hall–Kier alpha value is -2.47. The van der Waals surface area contributed by atoms with E-state index >= 15 is 0 Å². The van der Waals surface area contributed by atoms with Crippen molar-refractivity contribution in [2.45, 2.75) is 24.0 Å². The van der Waals surface area contributed by atoms with Crippen LogP contribution in [0.4, 0.5) is 5.69 Å². The maximum atomic E-state index is 12.6. The molecule has 1 aromatic heterocycles. The minimum atomic E-state index is -0.394. The van der Waals surface area contributed by atoms with Crippen molar-refractivity contribution in [2.24, 2.45) is 10.2 Å². The van der Waals surface area contributed by atoms with Crippen LogP contribution in [0, 0.1) is 0 Å². The van der Waals surface area contributed by atoms with Crippen LogP contribution in [0.5, 0.6) is 0 Å². The van der Waals surface area contributed by atoms with Crippen LogP contribution in [0.3, 0.4) is 0 Å². The quantitative estimate of drug-likeness (QED) is 0.929. The van der Waals surface area contributed by atoms with E-state index in [2.05, 4.69) is 20.5 Å². The topological polar surface area (TPSA) is 66.7 Å². The first-order valence-electron chi connectivity index (χ1n) is 7.84. The molecule has 6 heteroatoms. The van der Waals surface area contributed by atoms with Crippen molar-refractivity contribution >= 4 is 34.1 Å². The van der Waals surface area contributed by atoms with Crippen LogP contribution >= 0.6 is 11.8 Å². The third-order valence-electron chi connectivity index (χ3n) is 4.06. The molecule has 120 valence electrons. The van der Waals surface area contributed by atoms with Gasteiger partial charge in [0.1, 0.15) is 9.79 Å². The number of hydrogen-bond acceptors (Lipinski definition) is 5. The van der Waals surface area contributed by atoms with Crippen molar-refractivity contribution in [2.75, 3.05) is 5.32 Å². The number of nitrogens with zero attached hydrogens (tertiary/aromatic N) is 3. The third kappa shape index (κ3) is 3.10. The van der Waals surface area contributed by atoms with Gasteiger partial charge in [0, 0.05) is 30.1 Å². The number of aromatic nitrogens is 1. The molecule has 1 aliphatic heterocycles. The van der Waals surface area contributed by atoms with Gasteiger partial charge in [-0.1, -0.05) is 30.0 Å². The number of rotatable bonds is 4. The molecule has 0 spiro atoms. The van der Waals surface area contributed by atoms with Crippen LogP contribution in [0.25, 0.3) is 0 Å². The van der Waals surface area contributed by atoms with E-state index in [1.165, 1.54) is 0 Å². The van der Waals surface area contributed by atoms with Gasteiger partial charge < -0.3 is 5.32 Å². The molecule has 0 saturated heterocycles. The Labute approximate surface area is 144 Å². The first kappa shape index (κ1) is 15.1. The molecule has 0 bridgehead atoms. The summed E-state index contributed by atoms with van der Waals surface area (Å²) < 4.78 is -0.394. The molecule has 0 unspecified atom stereocenters. The molecule has 1 amide bonds. The van der Waals surface area contributed by atoms with Crippen molar-refractivity contribution in [3.05, 3.63) is 60.4 Å². The van der Waals surface area contributed by atoms with Crippen molar-refractivity contribution in [3.63, 3.8) is 0 Å². The Kier molecular flexibility index (Phi) is 3.90. The fraction of sp³-hybridized carbons (Fsp3) is 0.222. The zero-order valence-electron chi connectivity index (χ0n) is 13.0. The highest BCUT2D eigenvalue weighted by Gasteiger charge is 2.52. The normalized spacial score (nSPS) is 17.8. The summed E-state index contributed by atoms with van der Waals surface area (Å²) in [6, 6.07) is 13.4. The summed E-state index contributed by atoms with van der Waals surface area (Å²) in [5.41, 5.74) is 2.72. The summed E-state index contributed by atoms with van der Waals surface area (Å²) in [5.74, 6) is 0.0521. The van der Waals surface area contributed by atoms with Gasteiger partial charge in [0.15, 0.2) is 0 Å². The number of para-hydroxylation sites is 1. The number of carbonyl (C=O) groups excluding carboxylic acids is 1. The van der Waals surface area contributed by atoms with Gasteiger partial charge in [-0.15, -0.1) is 5.10 Å². The van der Waals surface area contributed by atoms with E-state index in [-0.39, 0.29) is 5.91 Å². The van der Waals surface area contributed by atoms with E-state index in [0.717, 1.165) is 34.8 Å². The second-order valence-corrected chi connectivity index (χ2v) is 7.33. The van der Waals surface area contributed by atoms with Crippen molar-refractivity contribution in [3.8, 4) is 0 Å². The molecule has 2 aromatic rings. The maximum absolute atomic E-state index is 12.6. The second-order valence-electron chi connectivity index (χ2n) is 5.88. The van der Waals surface area contributed by atoms with E-state index in [1.807, 2.05) is 42.5 Å². The van der Waals surface area contributed by atoms with E-state index in [1.54, 1.807) is 24.2 Å². The second kappa shape index (κ2) is 6.20. The molecular formula is C18H16N4OS. The van der Waals surface area contributed by atoms with Crippen LogP contribution in [0.1, 0.15) is 24.8 Å². The zero-order chi connectivity index (χ0) is 16.4. The molecule has 1 N–H and O–H groups in total. The third-order valence-corrected chi connectivity index (χ3v) is 5.50.